The molecular formula is C24H54N6P4. The third kappa shape index (κ3) is 4.83. The summed E-state index contributed by atoms with van der Waals surface area (Å²) >= 11 is 0. The summed E-state index contributed by atoms with van der Waals surface area (Å²) in [7, 11) is -2.50. The van der Waals surface area contributed by atoms with Crippen molar-refractivity contribution >= 4 is 33.5 Å². The van der Waals surface area contributed by atoms with Gasteiger partial charge in [0.25, 0.3) is 0 Å². The largest absolute Gasteiger partial charge is 0.203 e. The van der Waals surface area contributed by atoms with Crippen molar-refractivity contribution in [3.05, 3.63) is 0 Å². The number of hydrogen-bond acceptors (Lipinski definition) is 6. The predicted octanol–water partition coefficient (Wildman–Crippen LogP) is 9.54. The lowest BCUT2D eigenvalue weighted by Gasteiger charge is -2.81. The summed E-state index contributed by atoms with van der Waals surface area (Å²) in [5.74, 6) is 0. The van der Waals surface area contributed by atoms with Crippen LogP contribution in [-0.4, -0.2) is 59.9 Å². The van der Waals surface area contributed by atoms with E-state index in [9.17, 15) is 0 Å². The highest BCUT2D eigenvalue weighted by atomic mass is 31.3. The van der Waals surface area contributed by atoms with Crippen LogP contribution in [0.1, 0.15) is 125 Å². The van der Waals surface area contributed by atoms with Crippen molar-refractivity contribution in [2.24, 2.45) is 0 Å². The molecule has 34 heavy (non-hydrogen) atoms. The van der Waals surface area contributed by atoms with E-state index < -0.39 is 33.5 Å². The van der Waals surface area contributed by atoms with Crippen LogP contribution >= 0.6 is 33.5 Å². The van der Waals surface area contributed by atoms with Gasteiger partial charge < -0.3 is 0 Å². The normalized spacial score (nSPS) is 32.3. The van der Waals surface area contributed by atoms with E-state index in [4.69, 9.17) is 0 Å². The fourth-order valence-electron chi connectivity index (χ4n) is 4.61. The highest BCUT2D eigenvalue weighted by Crippen LogP contribution is 3.00. The number of hydrogen-bond donors (Lipinski definition) is 0. The molecule has 4 heterocycles. The second-order valence-electron chi connectivity index (χ2n) is 15.8. The van der Waals surface area contributed by atoms with Crippen LogP contribution in [0.25, 0.3) is 0 Å². The van der Waals surface area contributed by atoms with Crippen LogP contribution in [0.2, 0.25) is 0 Å². The minimum Gasteiger partial charge on any atom is -0.203 e. The summed E-state index contributed by atoms with van der Waals surface area (Å²) in [5.41, 5.74) is 0.358. The minimum atomic E-state index is -0.626. The van der Waals surface area contributed by atoms with Gasteiger partial charge >= 0.3 is 0 Å². The fraction of sp³-hybridized carbons (Fsp3) is 1.00. The van der Waals surface area contributed by atoms with Crippen molar-refractivity contribution in [2.75, 3.05) is 0 Å². The molecular weight excluding hydrogens is 496 g/mol. The van der Waals surface area contributed by atoms with Crippen molar-refractivity contribution in [1.29, 1.82) is 0 Å². The first-order chi connectivity index (χ1) is 14.7. The maximum atomic E-state index is 2.97. The van der Waals surface area contributed by atoms with Crippen LogP contribution in [0.3, 0.4) is 0 Å². The molecule has 0 spiro atoms. The van der Waals surface area contributed by atoms with E-state index in [1.54, 1.807) is 0 Å². The van der Waals surface area contributed by atoms with Crippen LogP contribution < -0.4 is 0 Å². The lowest BCUT2D eigenvalue weighted by molar-refractivity contribution is 0.172. The highest BCUT2D eigenvalue weighted by molar-refractivity contribution is 7.95. The Morgan fingerprint density at radius 2 is 0.324 bits per heavy atom. The van der Waals surface area contributed by atoms with Crippen LogP contribution in [-0.2, 0) is 0 Å². The zero-order chi connectivity index (χ0) is 26.8. The zero-order valence-corrected chi connectivity index (χ0v) is 29.0. The first-order valence-electron chi connectivity index (χ1n) is 12.7. The Hall–Kier alpha value is 1.48. The standard InChI is InChI=1S/C24H54N6P4/c1-19(2,3)25-31-26(20(4,5)6)33-28(22(10,11)12)32(25)29(23(13,14)15)34(27(31)21(7,8)9)30(33)24(16,17)18/h1-18H3. The first-order valence-corrected chi connectivity index (χ1v) is 17.5. The molecule has 0 aromatic heterocycles. The van der Waals surface area contributed by atoms with Gasteiger partial charge in [0.15, 0.2) is 0 Å². The molecule has 0 aromatic rings. The molecule has 0 aromatic carbocycles. The van der Waals surface area contributed by atoms with Crippen molar-refractivity contribution in [1.82, 2.24) is 26.6 Å². The molecule has 4 rings (SSSR count). The quantitative estimate of drug-likeness (QED) is 0.278. The van der Waals surface area contributed by atoms with Gasteiger partial charge in [0, 0.05) is 33.2 Å². The van der Waals surface area contributed by atoms with E-state index in [0.29, 0.717) is 0 Å². The predicted molar refractivity (Wildman–Crippen MR) is 157 cm³/mol. The maximum Gasteiger partial charge on any atom is 0.139 e. The Morgan fingerprint density at radius 3 is 0.382 bits per heavy atom. The third-order valence-corrected chi connectivity index (χ3v) is 22.7. The van der Waals surface area contributed by atoms with E-state index in [1.807, 2.05) is 0 Å². The summed E-state index contributed by atoms with van der Waals surface area (Å²) < 4.78 is 17.8. The van der Waals surface area contributed by atoms with Gasteiger partial charge in [-0.25, -0.2) is 26.6 Å². The number of nitrogens with zero attached hydrogens (tertiary/aromatic N) is 6. The van der Waals surface area contributed by atoms with E-state index in [0.717, 1.165) is 0 Å². The molecule has 4 aliphatic heterocycles. The highest BCUT2D eigenvalue weighted by Gasteiger charge is 2.75. The molecule has 200 valence electrons. The second kappa shape index (κ2) is 8.49. The molecule has 6 nitrogen and oxygen atoms in total. The van der Waals surface area contributed by atoms with Crippen LogP contribution in [0.15, 0.2) is 0 Å². The maximum absolute atomic E-state index is 2.97. The molecule has 0 aliphatic carbocycles. The van der Waals surface area contributed by atoms with Gasteiger partial charge in [0.05, 0.1) is 0 Å². The van der Waals surface area contributed by atoms with E-state index >= 15 is 0 Å². The van der Waals surface area contributed by atoms with Crippen molar-refractivity contribution < 1.29 is 0 Å². The topological polar surface area (TPSA) is 19.4 Å². The molecule has 4 fully saturated rings. The van der Waals surface area contributed by atoms with Gasteiger partial charge in [-0.1, -0.05) is 0 Å². The van der Waals surface area contributed by atoms with Crippen molar-refractivity contribution in [3.8, 4) is 0 Å². The van der Waals surface area contributed by atoms with Crippen molar-refractivity contribution in [3.63, 3.8) is 0 Å². The lowest BCUT2D eigenvalue weighted by Crippen LogP contribution is -2.70. The Morgan fingerprint density at radius 1 is 0.235 bits per heavy atom. The smallest absolute Gasteiger partial charge is 0.139 e. The average molecular weight is 551 g/mol. The summed E-state index contributed by atoms with van der Waals surface area (Å²) in [4.78, 5) is 0. The molecule has 0 N–H and O–H groups in total. The van der Waals surface area contributed by atoms with Crippen molar-refractivity contribution in [2.45, 2.75) is 158 Å². The third-order valence-electron chi connectivity index (χ3n) is 5.63. The Bertz CT molecular complexity index is 586. The molecule has 4 saturated heterocycles. The van der Waals surface area contributed by atoms with Gasteiger partial charge in [0.1, 0.15) is 33.5 Å². The summed E-state index contributed by atoms with van der Waals surface area (Å²) in [6, 6.07) is 0. The number of rotatable bonds is 0. The van der Waals surface area contributed by atoms with Crippen LogP contribution in [0.5, 0.6) is 0 Å². The monoisotopic (exact) mass is 550 g/mol. The Labute approximate surface area is 217 Å². The van der Waals surface area contributed by atoms with E-state index in [1.165, 1.54) is 0 Å². The SMILES string of the molecule is CC(C)(C)N1P2N(C(C)(C)C)P3N(C(C)(C)C)P1N(C(C)(C)C)P(N2C(C)(C)C)N3C(C)(C)C. The molecule has 0 radical (unpaired) electrons. The fourth-order valence-corrected chi connectivity index (χ4v) is 24.4. The molecule has 0 unspecified atom stereocenters. The van der Waals surface area contributed by atoms with Gasteiger partial charge in [0.2, 0.25) is 0 Å². The first kappa shape index (κ1) is 30.0. The van der Waals surface area contributed by atoms with Gasteiger partial charge in [-0.05, 0) is 125 Å². The summed E-state index contributed by atoms with van der Waals surface area (Å²) in [6.45, 7) is 44.1. The molecule has 4 aliphatic rings. The molecule has 10 heteroatoms. The molecule has 0 amide bonds. The van der Waals surface area contributed by atoms with Gasteiger partial charge in [-0.3, -0.25) is 0 Å². The summed E-state index contributed by atoms with van der Waals surface area (Å²) in [6.07, 6.45) is 0. The molecule has 4 bridgehead atoms. The zero-order valence-electron chi connectivity index (χ0n) is 25.5. The Kier molecular flexibility index (Phi) is 7.50. The Balaban J connectivity index is 2.50. The van der Waals surface area contributed by atoms with E-state index in [2.05, 4.69) is 151 Å². The van der Waals surface area contributed by atoms with E-state index in [-0.39, 0.29) is 33.2 Å². The van der Waals surface area contributed by atoms with Gasteiger partial charge in [-0.2, -0.15) is 0 Å². The summed E-state index contributed by atoms with van der Waals surface area (Å²) in [5, 5.41) is 0. The second-order valence-corrected chi connectivity index (χ2v) is 24.7. The van der Waals surface area contributed by atoms with Crippen LogP contribution in [0.4, 0.5) is 0 Å². The minimum absolute atomic E-state index is 0.0597. The van der Waals surface area contributed by atoms with Crippen LogP contribution in [0, 0.1) is 0 Å². The van der Waals surface area contributed by atoms with Gasteiger partial charge in [-0.15, -0.1) is 0 Å². The lowest BCUT2D eigenvalue weighted by atomic mass is 10.1. The molecule has 0 saturated carbocycles. The average Bonchev–Trinajstić information content (AvgIpc) is 2.45. The molecule has 0 atom stereocenters.